The molecule has 24 heavy (non-hydrogen) atoms. The van der Waals surface area contributed by atoms with Gasteiger partial charge in [-0.05, 0) is 36.6 Å². The molecule has 2 aliphatic rings. The van der Waals surface area contributed by atoms with Crippen molar-refractivity contribution in [3.8, 4) is 5.75 Å². The minimum Gasteiger partial charge on any atom is -0.507 e. The minimum atomic E-state index is -0.660. The predicted octanol–water partition coefficient (Wildman–Crippen LogP) is 4.18. The molecule has 4 rings (SSSR count). The van der Waals surface area contributed by atoms with Crippen LogP contribution in [0.2, 0.25) is 0 Å². The molecule has 5 heteroatoms. The number of halogens is 1. The molecule has 1 aliphatic carbocycles. The fourth-order valence-electron chi connectivity index (χ4n) is 3.23. The molecular weight excluding hydrogens is 372 g/mol. The Labute approximate surface area is 146 Å². The van der Waals surface area contributed by atoms with E-state index in [0.29, 0.717) is 29.7 Å². The Morgan fingerprint density at radius 1 is 1.04 bits per heavy atom. The molecular formula is C19H13BrO4. The van der Waals surface area contributed by atoms with E-state index < -0.39 is 11.6 Å². The van der Waals surface area contributed by atoms with Crippen LogP contribution < -0.4 is 0 Å². The van der Waals surface area contributed by atoms with Gasteiger partial charge in [-0.25, -0.2) is 0 Å². The van der Waals surface area contributed by atoms with Crippen molar-refractivity contribution in [1.29, 1.82) is 0 Å². The summed E-state index contributed by atoms with van der Waals surface area (Å²) < 4.78 is 7.08. The molecule has 2 aromatic rings. The lowest BCUT2D eigenvalue weighted by Gasteiger charge is -2.31. The molecule has 1 atom stereocenters. The van der Waals surface area contributed by atoms with E-state index in [-0.39, 0.29) is 17.4 Å². The van der Waals surface area contributed by atoms with Gasteiger partial charge in [0.2, 0.25) is 11.6 Å². The van der Waals surface area contributed by atoms with Crippen molar-refractivity contribution >= 4 is 33.3 Å². The van der Waals surface area contributed by atoms with Crippen molar-refractivity contribution < 1.29 is 19.4 Å². The number of phenols is 1. The van der Waals surface area contributed by atoms with E-state index in [1.165, 1.54) is 6.07 Å². The second kappa shape index (κ2) is 5.60. The molecule has 0 saturated carbocycles. The SMILES string of the molecule is O=C1C(=O)c2c(O)cccc2C2=C1CCC(c1ccc(Br)cc1)O2. The third-order valence-corrected chi connectivity index (χ3v) is 4.96. The summed E-state index contributed by atoms with van der Waals surface area (Å²) in [4.78, 5) is 24.6. The summed E-state index contributed by atoms with van der Waals surface area (Å²) in [7, 11) is 0. The maximum Gasteiger partial charge on any atom is 0.237 e. The Hall–Kier alpha value is -2.40. The van der Waals surface area contributed by atoms with Gasteiger partial charge < -0.3 is 9.84 Å². The monoisotopic (exact) mass is 384 g/mol. The van der Waals surface area contributed by atoms with Crippen molar-refractivity contribution in [2.45, 2.75) is 18.9 Å². The zero-order chi connectivity index (χ0) is 16.8. The van der Waals surface area contributed by atoms with Crippen LogP contribution in [0, 0.1) is 0 Å². The normalized spacial score (nSPS) is 19.6. The zero-order valence-corrected chi connectivity index (χ0v) is 14.2. The Morgan fingerprint density at radius 3 is 2.54 bits per heavy atom. The fourth-order valence-corrected chi connectivity index (χ4v) is 3.50. The first-order valence-electron chi connectivity index (χ1n) is 7.63. The van der Waals surface area contributed by atoms with Gasteiger partial charge in [0.05, 0.1) is 5.56 Å². The van der Waals surface area contributed by atoms with Crippen LogP contribution in [0.15, 0.2) is 52.5 Å². The first-order chi connectivity index (χ1) is 11.6. The van der Waals surface area contributed by atoms with Crippen molar-refractivity contribution in [2.24, 2.45) is 0 Å². The standard InChI is InChI=1S/C19H13BrO4/c20-11-6-4-10(5-7-11)15-9-8-13-17(22)18(23)16-12(19(13)24-15)2-1-3-14(16)21/h1-7,15,21H,8-9H2. The minimum absolute atomic E-state index is 0.0395. The van der Waals surface area contributed by atoms with Gasteiger partial charge in [0.15, 0.2) is 0 Å². The van der Waals surface area contributed by atoms with Crippen LogP contribution in [0.5, 0.6) is 5.75 Å². The average Bonchev–Trinajstić information content (AvgIpc) is 2.60. The Bertz CT molecular complexity index is 896. The molecule has 0 spiro atoms. The highest BCUT2D eigenvalue weighted by atomic mass is 79.9. The van der Waals surface area contributed by atoms with Crippen LogP contribution in [0.1, 0.15) is 40.4 Å². The number of rotatable bonds is 1. The Kier molecular flexibility index (Phi) is 3.53. The molecule has 1 N–H and O–H groups in total. The lowest BCUT2D eigenvalue weighted by atomic mass is 9.83. The molecule has 1 heterocycles. The summed E-state index contributed by atoms with van der Waals surface area (Å²) in [5.41, 5.74) is 1.95. The van der Waals surface area contributed by atoms with E-state index >= 15 is 0 Å². The van der Waals surface area contributed by atoms with Crippen LogP contribution in [-0.2, 0) is 9.53 Å². The molecule has 0 bridgehead atoms. The average molecular weight is 385 g/mol. The first-order valence-corrected chi connectivity index (χ1v) is 8.42. The number of ether oxygens (including phenoxy) is 1. The molecule has 0 fully saturated rings. The lowest BCUT2D eigenvalue weighted by molar-refractivity contribution is -0.112. The van der Waals surface area contributed by atoms with Crippen LogP contribution in [0.3, 0.4) is 0 Å². The number of hydrogen-bond donors (Lipinski definition) is 1. The van der Waals surface area contributed by atoms with Crippen molar-refractivity contribution in [2.75, 3.05) is 0 Å². The fraction of sp³-hybridized carbons (Fsp3) is 0.158. The maximum atomic E-state index is 12.4. The highest BCUT2D eigenvalue weighted by molar-refractivity contribution is 9.10. The van der Waals surface area contributed by atoms with Crippen molar-refractivity contribution in [3.63, 3.8) is 0 Å². The van der Waals surface area contributed by atoms with Crippen molar-refractivity contribution in [3.05, 3.63) is 69.2 Å². The first kappa shape index (κ1) is 15.1. The number of benzene rings is 2. The Morgan fingerprint density at radius 2 is 1.79 bits per heavy atom. The largest absolute Gasteiger partial charge is 0.507 e. The third kappa shape index (κ3) is 2.27. The second-order valence-electron chi connectivity index (χ2n) is 5.86. The maximum absolute atomic E-state index is 12.4. The molecule has 0 radical (unpaired) electrons. The van der Waals surface area contributed by atoms with E-state index in [1.807, 2.05) is 24.3 Å². The van der Waals surface area contributed by atoms with Crippen molar-refractivity contribution in [1.82, 2.24) is 0 Å². The topological polar surface area (TPSA) is 63.6 Å². The van der Waals surface area contributed by atoms with E-state index in [0.717, 1.165) is 10.0 Å². The molecule has 0 saturated heterocycles. The van der Waals surface area contributed by atoms with Gasteiger partial charge in [-0.2, -0.15) is 0 Å². The second-order valence-corrected chi connectivity index (χ2v) is 6.78. The third-order valence-electron chi connectivity index (χ3n) is 4.43. The summed E-state index contributed by atoms with van der Waals surface area (Å²) in [6, 6.07) is 12.6. The highest BCUT2D eigenvalue weighted by Gasteiger charge is 2.39. The molecule has 120 valence electrons. The van der Waals surface area contributed by atoms with Gasteiger partial charge in [-0.3, -0.25) is 9.59 Å². The summed E-state index contributed by atoms with van der Waals surface area (Å²) in [6.45, 7) is 0. The van der Waals surface area contributed by atoms with Gasteiger partial charge in [0, 0.05) is 15.6 Å². The molecule has 0 amide bonds. The van der Waals surface area contributed by atoms with E-state index in [2.05, 4.69) is 15.9 Å². The summed E-state index contributed by atoms with van der Waals surface area (Å²) in [6.07, 6.45) is 0.927. The van der Waals surface area contributed by atoms with Crippen LogP contribution in [-0.4, -0.2) is 16.7 Å². The van der Waals surface area contributed by atoms with Gasteiger partial charge in [0.1, 0.15) is 17.6 Å². The number of hydrogen-bond acceptors (Lipinski definition) is 4. The number of phenolic OH excluding ortho intramolecular Hbond substituents is 1. The van der Waals surface area contributed by atoms with Crippen LogP contribution >= 0.6 is 15.9 Å². The number of Topliss-reactive ketones (excluding diaryl/α,β-unsaturated/α-hetero) is 2. The quantitative estimate of drug-likeness (QED) is 0.748. The number of carbonyl (C=O) groups excluding carboxylic acids is 2. The van der Waals surface area contributed by atoms with Crippen LogP contribution in [0.4, 0.5) is 0 Å². The van der Waals surface area contributed by atoms with E-state index in [1.54, 1.807) is 12.1 Å². The zero-order valence-electron chi connectivity index (χ0n) is 12.6. The number of carbonyl (C=O) groups is 2. The number of aromatic hydroxyl groups is 1. The summed E-state index contributed by atoms with van der Waals surface area (Å²) in [5.74, 6) is -1.00. The molecule has 1 aliphatic heterocycles. The van der Waals surface area contributed by atoms with E-state index in [9.17, 15) is 14.7 Å². The Balaban J connectivity index is 1.79. The molecule has 2 aromatic carbocycles. The number of ketones is 2. The molecule has 0 aromatic heterocycles. The molecule has 4 nitrogen and oxygen atoms in total. The van der Waals surface area contributed by atoms with Gasteiger partial charge >= 0.3 is 0 Å². The smallest absolute Gasteiger partial charge is 0.237 e. The summed E-state index contributed by atoms with van der Waals surface area (Å²) >= 11 is 3.41. The molecule has 1 unspecified atom stereocenters. The van der Waals surface area contributed by atoms with Gasteiger partial charge in [0.25, 0.3) is 0 Å². The number of allylic oxidation sites excluding steroid dienone is 1. The van der Waals surface area contributed by atoms with Gasteiger partial charge in [-0.15, -0.1) is 0 Å². The number of fused-ring (bicyclic) bond motifs is 2. The summed E-state index contributed by atoms with van der Waals surface area (Å²) in [5, 5.41) is 9.99. The van der Waals surface area contributed by atoms with Gasteiger partial charge in [-0.1, -0.05) is 40.2 Å². The lowest BCUT2D eigenvalue weighted by Crippen LogP contribution is -2.28. The predicted molar refractivity (Wildman–Crippen MR) is 91.6 cm³/mol. The van der Waals surface area contributed by atoms with Crippen LogP contribution in [0.25, 0.3) is 5.76 Å². The highest BCUT2D eigenvalue weighted by Crippen LogP contribution is 2.44. The van der Waals surface area contributed by atoms with E-state index in [4.69, 9.17) is 4.74 Å².